The molecule has 0 aliphatic carbocycles. The lowest BCUT2D eigenvalue weighted by molar-refractivity contribution is 0.199. The molecule has 0 saturated carbocycles. The highest BCUT2D eigenvalue weighted by Gasteiger charge is 2.30. The fourth-order valence-corrected chi connectivity index (χ4v) is 5.95. The van der Waals surface area contributed by atoms with E-state index < -0.39 is 0 Å². The minimum atomic E-state index is -0.358. The molecule has 0 atom stereocenters. The summed E-state index contributed by atoms with van der Waals surface area (Å²) in [5.74, 6) is 2.01. The normalized spacial score (nSPS) is 16.4. The second kappa shape index (κ2) is 11.4. The van der Waals surface area contributed by atoms with Crippen molar-refractivity contribution >= 4 is 28.4 Å². The predicted octanol–water partition coefficient (Wildman–Crippen LogP) is 4.70. The number of carbonyl (C=O) groups excluding carboxylic acids is 1. The minimum absolute atomic E-state index is 0.0649. The summed E-state index contributed by atoms with van der Waals surface area (Å²) in [6.07, 6.45) is 5.01. The third kappa shape index (κ3) is 5.21. The van der Waals surface area contributed by atoms with Gasteiger partial charge in [-0.05, 0) is 61.6 Å². The average molecular weight is 560 g/mol. The molecular weight excluding hydrogens is 525 g/mol. The van der Waals surface area contributed by atoms with Gasteiger partial charge in [0.25, 0.3) is 0 Å². The Morgan fingerprint density at radius 1 is 1.10 bits per heavy atom. The van der Waals surface area contributed by atoms with Crippen LogP contribution in [0.5, 0.6) is 0 Å². The van der Waals surface area contributed by atoms with Gasteiger partial charge in [-0.25, -0.2) is 19.2 Å². The molecule has 0 radical (unpaired) electrons. The van der Waals surface area contributed by atoms with Gasteiger partial charge in [0.2, 0.25) is 5.89 Å². The maximum atomic E-state index is 15.1. The van der Waals surface area contributed by atoms with Gasteiger partial charge in [-0.2, -0.15) is 4.98 Å². The van der Waals surface area contributed by atoms with Crippen molar-refractivity contribution in [1.29, 1.82) is 0 Å². The first-order valence-electron chi connectivity index (χ1n) is 14.3. The van der Waals surface area contributed by atoms with Crippen LogP contribution in [0.1, 0.15) is 49.4 Å². The average Bonchev–Trinajstić information content (AvgIpc) is 3.59. The number of nitrogens with zero attached hydrogens (tertiary/aromatic N) is 7. The van der Waals surface area contributed by atoms with Crippen LogP contribution in [0, 0.1) is 12.7 Å². The molecule has 10 nitrogen and oxygen atoms in total. The fraction of sp³-hybridized carbons (Fsp3) is 0.433. The van der Waals surface area contributed by atoms with E-state index in [0.29, 0.717) is 47.8 Å². The summed E-state index contributed by atoms with van der Waals surface area (Å²) in [6.45, 7) is 6.89. The van der Waals surface area contributed by atoms with Crippen molar-refractivity contribution in [2.75, 3.05) is 49.1 Å². The van der Waals surface area contributed by atoms with E-state index in [0.717, 1.165) is 61.4 Å². The van der Waals surface area contributed by atoms with Crippen LogP contribution < -0.4 is 9.80 Å². The maximum Gasteiger partial charge on any atom is 0.324 e. The highest BCUT2D eigenvalue weighted by Crippen LogP contribution is 2.37. The van der Waals surface area contributed by atoms with Gasteiger partial charge in [-0.15, -0.1) is 0 Å². The van der Waals surface area contributed by atoms with E-state index in [2.05, 4.69) is 31.9 Å². The largest absolute Gasteiger partial charge is 0.395 e. The first-order chi connectivity index (χ1) is 20.0. The molecule has 11 heteroatoms. The zero-order valence-corrected chi connectivity index (χ0v) is 23.4. The van der Waals surface area contributed by atoms with Crippen LogP contribution in [0.2, 0.25) is 0 Å². The summed E-state index contributed by atoms with van der Waals surface area (Å²) in [5.41, 5.74) is 3.88. The van der Waals surface area contributed by atoms with Gasteiger partial charge >= 0.3 is 6.03 Å². The number of aliphatic hydroxyl groups is 1. The highest BCUT2D eigenvalue weighted by molar-refractivity contribution is 6.00. The fourth-order valence-electron chi connectivity index (χ4n) is 5.95. The van der Waals surface area contributed by atoms with Crippen molar-refractivity contribution in [3.63, 3.8) is 0 Å². The topological polar surface area (TPSA) is 112 Å². The summed E-state index contributed by atoms with van der Waals surface area (Å²) in [5, 5.41) is 14.0. The summed E-state index contributed by atoms with van der Waals surface area (Å²) in [4.78, 5) is 32.1. The van der Waals surface area contributed by atoms with Gasteiger partial charge in [-0.3, -0.25) is 4.90 Å². The van der Waals surface area contributed by atoms with Crippen LogP contribution in [-0.2, 0) is 6.42 Å². The minimum Gasteiger partial charge on any atom is -0.395 e. The quantitative estimate of drug-likeness (QED) is 0.331. The number of rotatable bonds is 8. The Morgan fingerprint density at radius 3 is 2.68 bits per heavy atom. The van der Waals surface area contributed by atoms with Gasteiger partial charge in [0.15, 0.2) is 5.82 Å². The lowest BCUT2D eigenvalue weighted by Crippen LogP contribution is -2.33. The van der Waals surface area contributed by atoms with Gasteiger partial charge in [-0.1, -0.05) is 18.1 Å². The number of carbonyl (C=O) groups is 1. The summed E-state index contributed by atoms with van der Waals surface area (Å²) in [6, 6.07) is 8.67. The number of halogens is 1. The van der Waals surface area contributed by atoms with Gasteiger partial charge in [0.1, 0.15) is 18.0 Å². The molecule has 4 heterocycles. The van der Waals surface area contributed by atoms with Crippen molar-refractivity contribution in [3.8, 4) is 11.1 Å². The number of piperidine rings is 1. The Bertz CT molecular complexity index is 1570. The lowest BCUT2D eigenvalue weighted by Gasteiger charge is -2.32. The van der Waals surface area contributed by atoms with E-state index in [4.69, 9.17) is 4.52 Å². The number of anilines is 2. The smallest absolute Gasteiger partial charge is 0.324 e. The number of benzene rings is 2. The van der Waals surface area contributed by atoms with E-state index in [9.17, 15) is 9.90 Å². The highest BCUT2D eigenvalue weighted by atomic mass is 19.1. The molecule has 41 heavy (non-hydrogen) atoms. The van der Waals surface area contributed by atoms with Gasteiger partial charge in [0, 0.05) is 61.7 Å². The molecule has 1 N–H and O–H groups in total. The zero-order valence-electron chi connectivity index (χ0n) is 23.4. The van der Waals surface area contributed by atoms with Crippen LogP contribution in [-0.4, -0.2) is 75.5 Å². The predicted molar refractivity (Wildman–Crippen MR) is 154 cm³/mol. The van der Waals surface area contributed by atoms with Crippen LogP contribution in [0.15, 0.2) is 41.2 Å². The Hall–Kier alpha value is -4.12. The summed E-state index contributed by atoms with van der Waals surface area (Å²) in [7, 11) is 0. The van der Waals surface area contributed by atoms with E-state index in [1.54, 1.807) is 16.1 Å². The number of fused-ring (bicyclic) bond motifs is 1. The Kier molecular flexibility index (Phi) is 7.53. The standard InChI is InChI=1S/C30H34FN7O3/c1-3-4-26-34-29(41-35-26)20-7-9-36(10-8-20)28-24-17-22(31)16-23(27(24)32-18-33-28)21-5-6-25(19(2)15-21)38-12-11-37(13-14-39)30(38)40/h5-6,15-18,20,39H,3-4,7-14H2,1-2H3. The molecule has 0 bridgehead atoms. The third-order valence-electron chi connectivity index (χ3n) is 8.05. The molecule has 2 aliphatic heterocycles. The van der Waals surface area contributed by atoms with Crippen molar-refractivity contribution < 1.29 is 18.8 Å². The number of hydrogen-bond acceptors (Lipinski definition) is 8. The molecule has 2 saturated heterocycles. The lowest BCUT2D eigenvalue weighted by atomic mass is 9.96. The second-order valence-electron chi connectivity index (χ2n) is 10.8. The van der Waals surface area contributed by atoms with Crippen molar-refractivity contribution in [1.82, 2.24) is 25.0 Å². The zero-order chi connectivity index (χ0) is 28.5. The molecule has 214 valence electrons. The van der Waals surface area contributed by atoms with E-state index in [-0.39, 0.29) is 24.4 Å². The molecule has 0 unspecified atom stereocenters. The van der Waals surface area contributed by atoms with E-state index in [1.165, 1.54) is 12.1 Å². The molecule has 0 spiro atoms. The number of β-amino-alcohol motifs (C(OH)–C–C–N with tert-alkyl or cyclic N) is 1. The third-order valence-corrected chi connectivity index (χ3v) is 8.05. The molecule has 2 fully saturated rings. The first-order valence-corrected chi connectivity index (χ1v) is 14.3. The first kappa shape index (κ1) is 27.1. The summed E-state index contributed by atoms with van der Waals surface area (Å²) < 4.78 is 20.6. The van der Waals surface area contributed by atoms with Crippen molar-refractivity contribution in [2.45, 2.75) is 45.4 Å². The van der Waals surface area contributed by atoms with E-state index in [1.807, 2.05) is 25.1 Å². The Morgan fingerprint density at radius 2 is 1.93 bits per heavy atom. The summed E-state index contributed by atoms with van der Waals surface area (Å²) >= 11 is 0. The number of aliphatic hydroxyl groups excluding tert-OH is 1. The molecule has 2 aromatic carbocycles. The molecule has 2 aromatic heterocycles. The number of amides is 2. The number of urea groups is 1. The van der Waals surface area contributed by atoms with Crippen LogP contribution in [0.3, 0.4) is 0 Å². The molecule has 2 aliphatic rings. The second-order valence-corrected chi connectivity index (χ2v) is 10.8. The molecule has 6 rings (SSSR count). The Balaban J connectivity index is 1.26. The maximum absolute atomic E-state index is 15.1. The van der Waals surface area contributed by atoms with Crippen LogP contribution >= 0.6 is 0 Å². The number of aryl methyl sites for hydroxylation is 2. The number of hydrogen-bond donors (Lipinski definition) is 1. The van der Waals surface area contributed by atoms with E-state index >= 15 is 4.39 Å². The SMILES string of the molecule is CCCc1noc(C2CCN(c3ncnc4c(-c5ccc(N6CCN(CCO)C6=O)c(C)c5)cc(F)cc34)CC2)n1. The van der Waals surface area contributed by atoms with Gasteiger partial charge in [0.05, 0.1) is 12.1 Å². The number of aromatic nitrogens is 4. The van der Waals surface area contributed by atoms with Crippen LogP contribution in [0.25, 0.3) is 22.0 Å². The van der Waals surface area contributed by atoms with Crippen molar-refractivity contribution in [2.24, 2.45) is 0 Å². The molecular formula is C30H34FN7O3. The van der Waals surface area contributed by atoms with Gasteiger partial charge < -0.3 is 19.4 Å². The monoisotopic (exact) mass is 559 g/mol. The molecule has 2 amide bonds. The van der Waals surface area contributed by atoms with Crippen LogP contribution in [0.4, 0.5) is 20.7 Å². The Labute approximate surface area is 237 Å². The molecule has 4 aromatic rings. The van der Waals surface area contributed by atoms with Crippen molar-refractivity contribution in [3.05, 3.63) is 59.8 Å².